The third kappa shape index (κ3) is 3.06. The van der Waals surface area contributed by atoms with Gasteiger partial charge in [-0.1, -0.05) is 6.42 Å². The number of carbonyl (C=O) groups excluding carboxylic acids is 1. The van der Waals surface area contributed by atoms with Crippen LogP contribution in [0.4, 0.5) is 0 Å². The molecule has 1 aliphatic rings. The van der Waals surface area contributed by atoms with Crippen LogP contribution >= 0.6 is 0 Å². The van der Waals surface area contributed by atoms with Gasteiger partial charge < -0.3 is 15.2 Å². The number of aromatic nitrogens is 2. The molecule has 0 saturated carbocycles. The molecule has 1 aromatic carbocycles. The van der Waals surface area contributed by atoms with E-state index in [1.165, 1.54) is 23.8 Å². The number of likely N-dealkylation sites (tertiary alicyclic amines) is 1. The number of benzene rings is 1. The van der Waals surface area contributed by atoms with Crippen LogP contribution in [0.2, 0.25) is 0 Å². The van der Waals surface area contributed by atoms with Crippen LogP contribution in [0.15, 0.2) is 23.0 Å². The number of carbonyl (C=O) groups is 1. The Hall–Kier alpha value is -2.08. The van der Waals surface area contributed by atoms with E-state index in [2.05, 4.69) is 15.2 Å². The second kappa shape index (κ2) is 6.36. The van der Waals surface area contributed by atoms with Crippen molar-refractivity contribution in [3.8, 4) is 0 Å². The summed E-state index contributed by atoms with van der Waals surface area (Å²) in [4.78, 5) is 28.9. The second-order valence-electron chi connectivity index (χ2n) is 5.88. The van der Waals surface area contributed by atoms with Crippen molar-refractivity contribution < 1.29 is 4.79 Å². The lowest BCUT2D eigenvalue weighted by atomic mass is 10.1. The van der Waals surface area contributed by atoms with Crippen LogP contribution in [0.3, 0.4) is 0 Å². The van der Waals surface area contributed by atoms with Crippen molar-refractivity contribution in [1.29, 1.82) is 0 Å². The maximum absolute atomic E-state index is 12.2. The minimum atomic E-state index is -0.169. The van der Waals surface area contributed by atoms with Crippen molar-refractivity contribution in [3.05, 3.63) is 34.2 Å². The van der Waals surface area contributed by atoms with E-state index >= 15 is 0 Å². The lowest BCUT2D eigenvalue weighted by molar-refractivity contribution is 0.0946. The third-order valence-electron chi connectivity index (χ3n) is 4.33. The molecule has 1 aliphatic heterocycles. The van der Waals surface area contributed by atoms with Crippen LogP contribution < -0.4 is 11.0 Å². The first kappa shape index (κ1) is 14.8. The Morgan fingerprint density at radius 1 is 1.27 bits per heavy atom. The van der Waals surface area contributed by atoms with Crippen LogP contribution in [0, 0.1) is 0 Å². The summed E-state index contributed by atoms with van der Waals surface area (Å²) >= 11 is 0. The molecule has 0 radical (unpaired) electrons. The van der Waals surface area contributed by atoms with Crippen molar-refractivity contribution >= 4 is 16.9 Å². The van der Waals surface area contributed by atoms with Crippen molar-refractivity contribution in [2.75, 3.05) is 26.2 Å². The fourth-order valence-electron chi connectivity index (χ4n) is 2.99. The lowest BCUT2D eigenvalue weighted by Crippen LogP contribution is -2.37. The number of aryl methyl sites for hydroxylation is 1. The number of piperidine rings is 1. The van der Waals surface area contributed by atoms with Crippen molar-refractivity contribution in [2.45, 2.75) is 19.3 Å². The maximum atomic E-state index is 12.2. The largest absolute Gasteiger partial charge is 0.351 e. The molecule has 0 atom stereocenters. The van der Waals surface area contributed by atoms with Crippen molar-refractivity contribution in [1.82, 2.24) is 19.8 Å². The predicted molar refractivity (Wildman–Crippen MR) is 86.2 cm³/mol. The molecule has 2 N–H and O–H groups in total. The van der Waals surface area contributed by atoms with Gasteiger partial charge in [-0.2, -0.15) is 0 Å². The molecule has 22 heavy (non-hydrogen) atoms. The van der Waals surface area contributed by atoms with Gasteiger partial charge in [0.15, 0.2) is 0 Å². The number of H-pyrrole nitrogens is 1. The Balaban J connectivity index is 1.61. The third-order valence-corrected chi connectivity index (χ3v) is 4.33. The maximum Gasteiger partial charge on any atom is 0.326 e. The molecule has 0 unspecified atom stereocenters. The highest BCUT2D eigenvalue weighted by Crippen LogP contribution is 2.12. The van der Waals surface area contributed by atoms with E-state index < -0.39 is 0 Å². The molecule has 0 bridgehead atoms. The molecule has 0 aliphatic carbocycles. The quantitative estimate of drug-likeness (QED) is 0.888. The van der Waals surface area contributed by atoms with E-state index in [1.54, 1.807) is 25.2 Å². The highest BCUT2D eigenvalue weighted by molar-refractivity contribution is 5.97. The molecule has 1 fully saturated rings. The Morgan fingerprint density at radius 3 is 2.82 bits per heavy atom. The smallest absolute Gasteiger partial charge is 0.326 e. The number of nitrogens with zero attached hydrogens (tertiary/aromatic N) is 2. The van der Waals surface area contributed by atoms with Gasteiger partial charge in [0.2, 0.25) is 0 Å². The summed E-state index contributed by atoms with van der Waals surface area (Å²) in [6.45, 7) is 3.82. The fourth-order valence-corrected chi connectivity index (χ4v) is 2.99. The Morgan fingerprint density at radius 2 is 2.05 bits per heavy atom. The lowest BCUT2D eigenvalue weighted by Gasteiger charge is -2.26. The summed E-state index contributed by atoms with van der Waals surface area (Å²) in [7, 11) is 1.71. The average Bonchev–Trinajstić information content (AvgIpc) is 2.82. The number of fused-ring (bicyclic) bond motifs is 1. The zero-order valence-corrected chi connectivity index (χ0v) is 12.9. The molecule has 118 valence electrons. The van der Waals surface area contributed by atoms with E-state index in [4.69, 9.17) is 0 Å². The first-order valence-electron chi connectivity index (χ1n) is 7.84. The zero-order chi connectivity index (χ0) is 15.5. The first-order valence-corrected chi connectivity index (χ1v) is 7.84. The van der Waals surface area contributed by atoms with Gasteiger partial charge in [0.25, 0.3) is 5.91 Å². The fraction of sp³-hybridized carbons (Fsp3) is 0.500. The molecular weight excluding hydrogens is 280 g/mol. The number of nitrogens with one attached hydrogen (secondary N) is 2. The van der Waals surface area contributed by atoms with Crippen molar-refractivity contribution in [3.63, 3.8) is 0 Å². The summed E-state index contributed by atoms with van der Waals surface area (Å²) < 4.78 is 1.54. The van der Waals surface area contributed by atoms with Crippen LogP contribution in [-0.2, 0) is 7.05 Å². The summed E-state index contributed by atoms with van der Waals surface area (Å²) in [6, 6.07) is 5.28. The van der Waals surface area contributed by atoms with Crippen LogP contribution in [0.25, 0.3) is 11.0 Å². The Bertz CT molecular complexity index is 725. The van der Waals surface area contributed by atoms with Gasteiger partial charge in [-0.05, 0) is 44.1 Å². The molecule has 6 nitrogen and oxygen atoms in total. The topological polar surface area (TPSA) is 70.1 Å². The van der Waals surface area contributed by atoms with Crippen LogP contribution in [0.5, 0.6) is 0 Å². The number of hydrogen-bond donors (Lipinski definition) is 2. The zero-order valence-electron chi connectivity index (χ0n) is 12.9. The number of hydrogen-bond acceptors (Lipinski definition) is 3. The summed E-state index contributed by atoms with van der Waals surface area (Å²) in [5.74, 6) is -0.0939. The summed E-state index contributed by atoms with van der Waals surface area (Å²) in [6.07, 6.45) is 3.83. The van der Waals surface area contributed by atoms with Gasteiger partial charge in [0.1, 0.15) is 0 Å². The number of rotatable bonds is 4. The minimum absolute atomic E-state index is 0.0939. The second-order valence-corrected chi connectivity index (χ2v) is 5.88. The molecule has 3 rings (SSSR count). The average molecular weight is 302 g/mol. The van der Waals surface area contributed by atoms with E-state index in [0.717, 1.165) is 25.2 Å². The number of imidazole rings is 1. The number of aromatic amines is 1. The molecule has 1 amide bonds. The molecular formula is C16H22N4O2. The van der Waals surface area contributed by atoms with E-state index in [1.807, 2.05) is 0 Å². The number of amides is 1. The Kier molecular flexibility index (Phi) is 4.29. The van der Waals surface area contributed by atoms with E-state index in [9.17, 15) is 9.59 Å². The monoisotopic (exact) mass is 302 g/mol. The van der Waals surface area contributed by atoms with Gasteiger partial charge in [-0.25, -0.2) is 4.79 Å². The Labute approximate surface area is 129 Å². The van der Waals surface area contributed by atoms with Gasteiger partial charge in [-0.15, -0.1) is 0 Å². The van der Waals surface area contributed by atoms with Gasteiger partial charge in [-0.3, -0.25) is 9.36 Å². The first-order chi connectivity index (χ1) is 10.6. The van der Waals surface area contributed by atoms with E-state index in [-0.39, 0.29) is 11.6 Å². The molecule has 2 aromatic rings. The molecule has 1 aromatic heterocycles. The highest BCUT2D eigenvalue weighted by atomic mass is 16.2. The van der Waals surface area contributed by atoms with E-state index in [0.29, 0.717) is 17.6 Å². The summed E-state index contributed by atoms with van der Waals surface area (Å²) in [5, 5.41) is 2.95. The molecule has 1 saturated heterocycles. The van der Waals surface area contributed by atoms with Crippen LogP contribution in [0.1, 0.15) is 29.6 Å². The van der Waals surface area contributed by atoms with Gasteiger partial charge >= 0.3 is 5.69 Å². The SMILES string of the molecule is Cn1c(=O)[nH]c2cc(C(=O)NCCN3CCCCC3)ccc21. The summed E-state index contributed by atoms with van der Waals surface area (Å²) in [5.41, 5.74) is 1.90. The molecule has 2 heterocycles. The minimum Gasteiger partial charge on any atom is -0.351 e. The normalized spacial score (nSPS) is 16.0. The van der Waals surface area contributed by atoms with Gasteiger partial charge in [0, 0.05) is 25.7 Å². The standard InChI is InChI=1S/C16H22N4O2/c1-19-14-6-5-12(11-13(14)18-16(19)22)15(21)17-7-10-20-8-3-2-4-9-20/h5-6,11H,2-4,7-10H2,1H3,(H,17,21)(H,18,22). The van der Waals surface area contributed by atoms with Crippen LogP contribution in [-0.4, -0.2) is 46.5 Å². The molecule has 6 heteroatoms. The molecule has 0 spiro atoms. The highest BCUT2D eigenvalue weighted by Gasteiger charge is 2.12. The van der Waals surface area contributed by atoms with Crippen molar-refractivity contribution in [2.24, 2.45) is 7.05 Å². The predicted octanol–water partition coefficient (Wildman–Crippen LogP) is 1.08. The van der Waals surface area contributed by atoms with Gasteiger partial charge in [0.05, 0.1) is 11.0 Å².